The van der Waals surface area contributed by atoms with Crippen LogP contribution in [0.4, 0.5) is 11.4 Å². The Hall–Kier alpha value is -1.75. The average Bonchev–Trinajstić information content (AvgIpc) is 2.77. The molecule has 2 aromatic rings. The van der Waals surface area contributed by atoms with Gasteiger partial charge >= 0.3 is 0 Å². The van der Waals surface area contributed by atoms with Crippen molar-refractivity contribution >= 4 is 23.0 Å². The number of aromatic nitrogens is 2. The molecule has 0 unspecified atom stereocenters. The van der Waals surface area contributed by atoms with Gasteiger partial charge in [0.15, 0.2) is 5.82 Å². The standard InChI is InChI=1S/C10H11ClN4O/c11-7-2-1-3-8(10(7)12)13-5-4-9-14-6-16-15-9/h1-3,6,13H,4-5,12H2. The maximum Gasteiger partial charge on any atom is 0.213 e. The largest absolute Gasteiger partial charge is 0.396 e. The molecule has 1 aromatic heterocycles. The monoisotopic (exact) mass is 238 g/mol. The third-order valence-electron chi connectivity index (χ3n) is 2.12. The van der Waals surface area contributed by atoms with Gasteiger partial charge < -0.3 is 15.6 Å². The molecule has 0 aliphatic rings. The number of nitrogens with one attached hydrogen (secondary N) is 1. The number of para-hydroxylation sites is 1. The molecule has 0 spiro atoms. The van der Waals surface area contributed by atoms with E-state index in [9.17, 15) is 0 Å². The van der Waals surface area contributed by atoms with Crippen LogP contribution in [0.25, 0.3) is 0 Å². The van der Waals surface area contributed by atoms with Crippen LogP contribution < -0.4 is 11.1 Å². The van der Waals surface area contributed by atoms with E-state index >= 15 is 0 Å². The summed E-state index contributed by atoms with van der Waals surface area (Å²) in [4.78, 5) is 3.91. The zero-order chi connectivity index (χ0) is 11.4. The van der Waals surface area contributed by atoms with Gasteiger partial charge in [0.05, 0.1) is 16.4 Å². The van der Waals surface area contributed by atoms with Crippen LogP contribution in [0, 0.1) is 0 Å². The molecule has 0 aliphatic heterocycles. The van der Waals surface area contributed by atoms with Crippen molar-refractivity contribution in [2.45, 2.75) is 6.42 Å². The Bertz CT molecular complexity index is 458. The first-order chi connectivity index (χ1) is 7.77. The van der Waals surface area contributed by atoms with Crippen molar-refractivity contribution in [2.75, 3.05) is 17.6 Å². The molecule has 0 atom stereocenters. The highest BCUT2D eigenvalue weighted by molar-refractivity contribution is 6.33. The quantitative estimate of drug-likeness (QED) is 0.797. The number of hydrogen-bond donors (Lipinski definition) is 2. The number of hydrogen-bond acceptors (Lipinski definition) is 5. The van der Waals surface area contributed by atoms with Crippen LogP contribution in [-0.4, -0.2) is 16.7 Å². The topological polar surface area (TPSA) is 77.0 Å². The minimum Gasteiger partial charge on any atom is -0.396 e. The maximum absolute atomic E-state index is 5.89. The minimum absolute atomic E-state index is 0.546. The number of nitrogens with zero attached hydrogens (tertiary/aromatic N) is 2. The number of nitrogens with two attached hydrogens (primary N) is 1. The van der Waals surface area contributed by atoms with E-state index < -0.39 is 0 Å². The maximum atomic E-state index is 5.89. The average molecular weight is 239 g/mol. The van der Waals surface area contributed by atoms with Crippen molar-refractivity contribution in [3.8, 4) is 0 Å². The number of halogens is 1. The molecule has 5 nitrogen and oxygen atoms in total. The van der Waals surface area contributed by atoms with Crippen LogP contribution in [0.1, 0.15) is 5.82 Å². The molecule has 0 radical (unpaired) electrons. The van der Waals surface area contributed by atoms with Crippen molar-refractivity contribution in [1.82, 2.24) is 10.1 Å². The Morgan fingerprint density at radius 1 is 1.44 bits per heavy atom. The molecule has 16 heavy (non-hydrogen) atoms. The summed E-state index contributed by atoms with van der Waals surface area (Å²) < 4.78 is 4.63. The highest BCUT2D eigenvalue weighted by atomic mass is 35.5. The molecule has 84 valence electrons. The van der Waals surface area contributed by atoms with Crippen LogP contribution in [0.15, 0.2) is 29.1 Å². The van der Waals surface area contributed by atoms with Crippen molar-refractivity contribution in [2.24, 2.45) is 0 Å². The molecule has 0 saturated carbocycles. The van der Waals surface area contributed by atoms with E-state index in [0.29, 0.717) is 29.5 Å². The van der Waals surface area contributed by atoms with E-state index in [2.05, 4.69) is 20.0 Å². The molecule has 0 bridgehead atoms. The summed E-state index contributed by atoms with van der Waals surface area (Å²) in [6, 6.07) is 5.47. The van der Waals surface area contributed by atoms with Gasteiger partial charge in [-0.3, -0.25) is 0 Å². The highest BCUT2D eigenvalue weighted by Crippen LogP contribution is 2.26. The van der Waals surface area contributed by atoms with Crippen LogP contribution in [0.5, 0.6) is 0 Å². The van der Waals surface area contributed by atoms with Crippen molar-refractivity contribution in [3.05, 3.63) is 35.4 Å². The Morgan fingerprint density at radius 3 is 3.06 bits per heavy atom. The molecule has 1 aromatic carbocycles. The Labute approximate surface area is 97.6 Å². The Kier molecular flexibility index (Phi) is 3.26. The van der Waals surface area contributed by atoms with Gasteiger partial charge in [-0.1, -0.05) is 22.8 Å². The Balaban J connectivity index is 1.92. The lowest BCUT2D eigenvalue weighted by molar-refractivity contribution is 0.410. The van der Waals surface area contributed by atoms with E-state index in [0.717, 1.165) is 5.69 Å². The normalized spacial score (nSPS) is 10.3. The molecule has 0 amide bonds. The molecular formula is C10H11ClN4O. The van der Waals surface area contributed by atoms with E-state index in [1.165, 1.54) is 6.39 Å². The predicted octanol–water partition coefficient (Wildman–Crippen LogP) is 1.96. The number of anilines is 2. The highest BCUT2D eigenvalue weighted by Gasteiger charge is 2.03. The predicted molar refractivity (Wildman–Crippen MR) is 62.4 cm³/mol. The summed E-state index contributed by atoms with van der Waals surface area (Å²) in [7, 11) is 0. The number of nitrogen functional groups attached to an aromatic ring is 1. The van der Waals surface area contributed by atoms with E-state index in [1.54, 1.807) is 6.07 Å². The smallest absolute Gasteiger partial charge is 0.213 e. The van der Waals surface area contributed by atoms with Crippen LogP contribution >= 0.6 is 11.6 Å². The molecular weight excluding hydrogens is 228 g/mol. The fourth-order valence-corrected chi connectivity index (χ4v) is 1.48. The van der Waals surface area contributed by atoms with E-state index in [-0.39, 0.29) is 0 Å². The number of benzene rings is 1. The van der Waals surface area contributed by atoms with Gasteiger partial charge in [-0.2, -0.15) is 4.98 Å². The van der Waals surface area contributed by atoms with E-state index in [1.807, 2.05) is 12.1 Å². The first kappa shape index (κ1) is 10.8. The van der Waals surface area contributed by atoms with E-state index in [4.69, 9.17) is 17.3 Å². The molecule has 1 heterocycles. The fraction of sp³-hybridized carbons (Fsp3) is 0.200. The fourth-order valence-electron chi connectivity index (χ4n) is 1.30. The molecule has 0 saturated heterocycles. The molecule has 0 fully saturated rings. The molecule has 3 N–H and O–H groups in total. The molecule has 6 heteroatoms. The summed E-state index contributed by atoms with van der Waals surface area (Å²) in [6.07, 6.45) is 1.98. The lowest BCUT2D eigenvalue weighted by atomic mass is 10.2. The second-order valence-electron chi connectivity index (χ2n) is 3.23. The van der Waals surface area contributed by atoms with Crippen LogP contribution in [0.2, 0.25) is 5.02 Å². The van der Waals surface area contributed by atoms with Gasteiger partial charge in [0, 0.05) is 13.0 Å². The van der Waals surface area contributed by atoms with Gasteiger partial charge in [-0.25, -0.2) is 0 Å². The minimum atomic E-state index is 0.546. The third kappa shape index (κ3) is 2.43. The van der Waals surface area contributed by atoms with Gasteiger partial charge in [-0.15, -0.1) is 0 Å². The summed E-state index contributed by atoms with van der Waals surface area (Å²) in [6.45, 7) is 0.671. The summed E-state index contributed by atoms with van der Waals surface area (Å²) in [5.74, 6) is 0.660. The van der Waals surface area contributed by atoms with Gasteiger partial charge in [0.2, 0.25) is 6.39 Å². The second-order valence-corrected chi connectivity index (χ2v) is 3.63. The van der Waals surface area contributed by atoms with Crippen LogP contribution in [0.3, 0.4) is 0 Å². The second kappa shape index (κ2) is 4.85. The summed E-state index contributed by atoms with van der Waals surface area (Å²) >= 11 is 5.89. The SMILES string of the molecule is Nc1c(Cl)cccc1NCCc1ncon1. The third-order valence-corrected chi connectivity index (χ3v) is 2.45. The van der Waals surface area contributed by atoms with Crippen molar-refractivity contribution in [3.63, 3.8) is 0 Å². The Morgan fingerprint density at radius 2 is 2.31 bits per heavy atom. The van der Waals surface area contributed by atoms with Gasteiger partial charge in [0.1, 0.15) is 0 Å². The zero-order valence-electron chi connectivity index (χ0n) is 8.48. The lowest BCUT2D eigenvalue weighted by Gasteiger charge is -2.08. The zero-order valence-corrected chi connectivity index (χ0v) is 9.24. The first-order valence-corrected chi connectivity index (χ1v) is 5.18. The lowest BCUT2D eigenvalue weighted by Crippen LogP contribution is -2.07. The summed E-state index contributed by atoms with van der Waals surface area (Å²) in [5.41, 5.74) is 7.17. The van der Waals surface area contributed by atoms with Crippen molar-refractivity contribution < 1.29 is 4.52 Å². The van der Waals surface area contributed by atoms with Gasteiger partial charge in [0.25, 0.3) is 0 Å². The first-order valence-electron chi connectivity index (χ1n) is 4.80. The molecule has 2 rings (SSSR count). The number of rotatable bonds is 4. The van der Waals surface area contributed by atoms with Crippen molar-refractivity contribution in [1.29, 1.82) is 0 Å². The van der Waals surface area contributed by atoms with Gasteiger partial charge in [-0.05, 0) is 12.1 Å². The summed E-state index contributed by atoms with van der Waals surface area (Å²) in [5, 5.41) is 7.41. The molecule has 0 aliphatic carbocycles. The van der Waals surface area contributed by atoms with Crippen LogP contribution in [-0.2, 0) is 6.42 Å².